The average molecular weight is 354 g/mol. The lowest BCUT2D eigenvalue weighted by Crippen LogP contribution is -2.38. The van der Waals surface area contributed by atoms with E-state index < -0.39 is 0 Å². The number of carbonyl (C=O) groups is 1. The van der Waals surface area contributed by atoms with Crippen molar-refractivity contribution in [1.82, 2.24) is 5.32 Å². The third kappa shape index (κ3) is 4.37. The van der Waals surface area contributed by atoms with E-state index in [4.69, 9.17) is 4.74 Å². The number of anilines is 1. The second-order valence-corrected chi connectivity index (χ2v) is 6.31. The smallest absolute Gasteiger partial charge is 0.321 e. The zero-order valence-corrected chi connectivity index (χ0v) is 16.6. The van der Waals surface area contributed by atoms with Gasteiger partial charge < -0.3 is 10.1 Å². The average Bonchev–Trinajstić information content (AvgIpc) is 2.67. The number of nitrogens with zero attached hydrogens (tertiary/aromatic N) is 1. The first-order valence-corrected chi connectivity index (χ1v) is 9.37. The summed E-state index contributed by atoms with van der Waals surface area (Å²) in [6.07, 6.45) is 1.91. The largest absolute Gasteiger partial charge is 0.489 e. The molecule has 0 heterocycles. The van der Waals surface area contributed by atoms with Crippen LogP contribution in [0.1, 0.15) is 43.0 Å². The quantitative estimate of drug-likeness (QED) is 0.771. The van der Waals surface area contributed by atoms with Crippen molar-refractivity contribution in [2.45, 2.75) is 47.1 Å². The van der Waals surface area contributed by atoms with Crippen molar-refractivity contribution >= 4 is 11.7 Å². The molecule has 0 aliphatic carbocycles. The molecule has 2 aromatic carbocycles. The molecular weight excluding hydrogens is 324 g/mol. The van der Waals surface area contributed by atoms with Crippen molar-refractivity contribution in [1.29, 1.82) is 0 Å². The summed E-state index contributed by atoms with van der Waals surface area (Å²) in [5.41, 5.74) is 5.63. The second kappa shape index (κ2) is 9.27. The van der Waals surface area contributed by atoms with Crippen LogP contribution in [0.5, 0.6) is 5.75 Å². The third-order valence-corrected chi connectivity index (χ3v) is 4.71. The molecule has 4 nitrogen and oxygen atoms in total. The predicted molar refractivity (Wildman–Crippen MR) is 108 cm³/mol. The molecule has 0 saturated heterocycles. The van der Waals surface area contributed by atoms with Crippen LogP contribution < -0.4 is 15.0 Å². The second-order valence-electron chi connectivity index (χ2n) is 6.31. The van der Waals surface area contributed by atoms with E-state index in [-0.39, 0.29) is 6.03 Å². The van der Waals surface area contributed by atoms with E-state index in [0.29, 0.717) is 13.2 Å². The summed E-state index contributed by atoms with van der Waals surface area (Å²) in [6.45, 7) is 9.37. The maximum atomic E-state index is 12.3. The van der Waals surface area contributed by atoms with Gasteiger partial charge in [-0.25, -0.2) is 4.79 Å². The van der Waals surface area contributed by atoms with Gasteiger partial charge in [0.25, 0.3) is 0 Å². The van der Waals surface area contributed by atoms with Gasteiger partial charge in [0.05, 0.1) is 5.69 Å². The van der Waals surface area contributed by atoms with E-state index in [1.807, 2.05) is 25.1 Å². The molecule has 0 aliphatic rings. The van der Waals surface area contributed by atoms with Gasteiger partial charge in [-0.2, -0.15) is 0 Å². The minimum Gasteiger partial charge on any atom is -0.489 e. The number of nitrogens with one attached hydrogen (secondary N) is 1. The van der Waals surface area contributed by atoms with E-state index in [9.17, 15) is 4.79 Å². The molecule has 0 unspecified atom stereocenters. The van der Waals surface area contributed by atoms with Crippen LogP contribution in [-0.4, -0.2) is 19.6 Å². The summed E-state index contributed by atoms with van der Waals surface area (Å²) in [4.78, 5) is 14.0. The summed E-state index contributed by atoms with van der Waals surface area (Å²) in [5, 5.41) is 2.72. The first kappa shape index (κ1) is 19.8. The SMILES string of the molecule is CCc1ccc(OCc2c(CC)cccc2N(CC)C(=O)NC)c(C)c1. The Hall–Kier alpha value is -2.49. The molecule has 1 N–H and O–H groups in total. The Morgan fingerprint density at radius 3 is 2.46 bits per heavy atom. The number of aryl methyl sites for hydroxylation is 3. The first-order chi connectivity index (χ1) is 12.5. The Morgan fingerprint density at radius 2 is 1.88 bits per heavy atom. The Bertz CT molecular complexity index is 756. The molecule has 0 spiro atoms. The van der Waals surface area contributed by atoms with Gasteiger partial charge in [-0.05, 0) is 55.5 Å². The van der Waals surface area contributed by atoms with Crippen LogP contribution in [0, 0.1) is 6.92 Å². The molecule has 0 bridgehead atoms. The summed E-state index contributed by atoms with van der Waals surface area (Å²) in [5.74, 6) is 0.891. The number of benzene rings is 2. The fourth-order valence-corrected chi connectivity index (χ4v) is 3.17. The Kier molecular flexibility index (Phi) is 7.07. The normalized spacial score (nSPS) is 10.5. The lowest BCUT2D eigenvalue weighted by molar-refractivity contribution is 0.248. The molecule has 0 radical (unpaired) electrons. The van der Waals surface area contributed by atoms with Gasteiger partial charge in [-0.3, -0.25) is 4.90 Å². The van der Waals surface area contributed by atoms with Gasteiger partial charge in [0, 0.05) is 19.2 Å². The number of hydrogen-bond acceptors (Lipinski definition) is 2. The van der Waals surface area contributed by atoms with Crippen LogP contribution in [0.15, 0.2) is 36.4 Å². The first-order valence-electron chi connectivity index (χ1n) is 9.37. The Balaban J connectivity index is 2.34. The minimum atomic E-state index is -0.106. The highest BCUT2D eigenvalue weighted by molar-refractivity contribution is 5.92. The number of urea groups is 1. The highest BCUT2D eigenvalue weighted by Gasteiger charge is 2.18. The van der Waals surface area contributed by atoms with Crippen LogP contribution in [0.25, 0.3) is 0 Å². The monoisotopic (exact) mass is 354 g/mol. The van der Waals surface area contributed by atoms with Gasteiger partial charge in [-0.15, -0.1) is 0 Å². The zero-order valence-electron chi connectivity index (χ0n) is 16.6. The fraction of sp³-hybridized carbons (Fsp3) is 0.409. The van der Waals surface area contributed by atoms with Crippen molar-refractivity contribution in [3.8, 4) is 5.75 Å². The topological polar surface area (TPSA) is 41.6 Å². The minimum absolute atomic E-state index is 0.106. The number of hydrogen-bond donors (Lipinski definition) is 1. The van der Waals surface area contributed by atoms with Gasteiger partial charge >= 0.3 is 6.03 Å². The summed E-state index contributed by atoms with van der Waals surface area (Å²) >= 11 is 0. The molecule has 2 aromatic rings. The van der Waals surface area contributed by atoms with Gasteiger partial charge in [-0.1, -0.05) is 38.1 Å². The maximum absolute atomic E-state index is 12.3. The number of amides is 2. The van der Waals surface area contributed by atoms with Crippen LogP contribution in [0.2, 0.25) is 0 Å². The van der Waals surface area contributed by atoms with E-state index >= 15 is 0 Å². The van der Waals surface area contributed by atoms with Gasteiger partial charge in [0.1, 0.15) is 12.4 Å². The highest BCUT2D eigenvalue weighted by Crippen LogP contribution is 2.28. The Labute approximate surface area is 157 Å². The molecule has 0 saturated carbocycles. The molecule has 26 heavy (non-hydrogen) atoms. The number of ether oxygens (including phenoxy) is 1. The van der Waals surface area contributed by atoms with E-state index in [2.05, 4.69) is 44.3 Å². The molecule has 2 amide bonds. The molecular formula is C22H30N2O2. The van der Waals surface area contributed by atoms with Crippen molar-refractivity contribution < 1.29 is 9.53 Å². The lowest BCUT2D eigenvalue weighted by atomic mass is 10.0. The molecule has 140 valence electrons. The van der Waals surface area contributed by atoms with E-state index in [0.717, 1.165) is 35.4 Å². The molecule has 0 fully saturated rings. The molecule has 0 atom stereocenters. The van der Waals surface area contributed by atoms with Gasteiger partial charge in [0.15, 0.2) is 0 Å². The van der Waals surface area contributed by atoms with Crippen molar-refractivity contribution in [3.05, 3.63) is 58.7 Å². The van der Waals surface area contributed by atoms with Crippen molar-refractivity contribution in [2.75, 3.05) is 18.5 Å². The van der Waals surface area contributed by atoms with E-state index in [1.165, 1.54) is 11.1 Å². The maximum Gasteiger partial charge on any atom is 0.321 e. The number of rotatable bonds is 7. The van der Waals surface area contributed by atoms with Crippen LogP contribution in [-0.2, 0) is 19.4 Å². The number of carbonyl (C=O) groups excluding carboxylic acids is 1. The molecule has 0 aromatic heterocycles. The molecule has 0 aliphatic heterocycles. The standard InChI is InChI=1S/C22H30N2O2/c1-6-17-12-13-21(16(4)14-17)26-15-19-18(7-2)10-9-11-20(19)24(8-3)22(25)23-5/h9-14H,6-8,15H2,1-5H3,(H,23,25). The predicted octanol–water partition coefficient (Wildman–Crippen LogP) is 4.86. The fourth-order valence-electron chi connectivity index (χ4n) is 3.17. The Morgan fingerprint density at radius 1 is 1.12 bits per heavy atom. The van der Waals surface area contributed by atoms with Crippen molar-refractivity contribution in [2.24, 2.45) is 0 Å². The highest BCUT2D eigenvalue weighted by atomic mass is 16.5. The lowest BCUT2D eigenvalue weighted by Gasteiger charge is -2.25. The van der Waals surface area contributed by atoms with Crippen LogP contribution >= 0.6 is 0 Å². The zero-order chi connectivity index (χ0) is 19.1. The van der Waals surface area contributed by atoms with Crippen molar-refractivity contribution in [3.63, 3.8) is 0 Å². The van der Waals surface area contributed by atoms with Crippen LogP contribution in [0.3, 0.4) is 0 Å². The summed E-state index contributed by atoms with van der Waals surface area (Å²) in [7, 11) is 1.66. The molecule has 4 heteroatoms. The van der Waals surface area contributed by atoms with E-state index in [1.54, 1.807) is 11.9 Å². The van der Waals surface area contributed by atoms with Gasteiger partial charge in [0.2, 0.25) is 0 Å². The molecule has 2 rings (SSSR count). The third-order valence-electron chi connectivity index (χ3n) is 4.71. The summed E-state index contributed by atoms with van der Waals surface area (Å²) < 4.78 is 6.16. The summed E-state index contributed by atoms with van der Waals surface area (Å²) in [6, 6.07) is 12.3. The van der Waals surface area contributed by atoms with Crippen LogP contribution in [0.4, 0.5) is 10.5 Å².